The van der Waals surface area contributed by atoms with Crippen molar-refractivity contribution in [3.8, 4) is 0 Å². The van der Waals surface area contributed by atoms with Crippen LogP contribution < -0.4 is 10.2 Å². The number of urea groups is 1. The first-order valence-corrected chi connectivity index (χ1v) is 6.77. The van der Waals surface area contributed by atoms with Crippen molar-refractivity contribution in [2.24, 2.45) is 0 Å². The molecule has 7 heteroatoms. The number of halogens is 1. The van der Waals surface area contributed by atoms with Gasteiger partial charge in [-0.15, -0.1) is 0 Å². The summed E-state index contributed by atoms with van der Waals surface area (Å²) < 4.78 is 14.4. The third-order valence-corrected chi connectivity index (χ3v) is 3.62. The molecule has 1 aromatic carbocycles. The summed E-state index contributed by atoms with van der Waals surface area (Å²) in [6.45, 7) is 4.05. The number of hydrogen-bond acceptors (Lipinski definition) is 3. The molecule has 0 unspecified atom stereocenters. The highest BCUT2D eigenvalue weighted by Gasteiger charge is 2.28. The number of imide groups is 1. The van der Waals surface area contributed by atoms with E-state index in [0.29, 0.717) is 16.8 Å². The summed E-state index contributed by atoms with van der Waals surface area (Å²) in [7, 11) is 0. The van der Waals surface area contributed by atoms with Crippen molar-refractivity contribution in [1.29, 1.82) is 0 Å². The number of fused-ring (bicyclic) bond motifs is 1. The molecule has 1 aliphatic rings. The smallest absolute Gasteiger partial charge is 0.278 e. The van der Waals surface area contributed by atoms with E-state index in [4.69, 9.17) is 0 Å². The van der Waals surface area contributed by atoms with Gasteiger partial charge in [0, 0.05) is 18.4 Å². The van der Waals surface area contributed by atoms with Crippen molar-refractivity contribution >= 4 is 28.7 Å². The number of carbonyl (C=O) groups is 2. The van der Waals surface area contributed by atoms with E-state index in [1.54, 1.807) is 12.1 Å². The minimum absolute atomic E-state index is 0.0528. The summed E-state index contributed by atoms with van der Waals surface area (Å²) in [5, 5.41) is 9.45. The molecule has 110 valence electrons. The summed E-state index contributed by atoms with van der Waals surface area (Å²) in [4.78, 5) is 24.4. The Morgan fingerprint density at radius 1 is 1.33 bits per heavy atom. The SMILES string of the molecule is CC(C)c1ccc2c(N3CCC(=O)NC3=O)n[nH]c2c1F. The van der Waals surface area contributed by atoms with Gasteiger partial charge in [0.1, 0.15) is 5.52 Å². The molecule has 1 saturated heterocycles. The topological polar surface area (TPSA) is 78.1 Å². The van der Waals surface area contributed by atoms with E-state index in [9.17, 15) is 14.0 Å². The zero-order valence-electron chi connectivity index (χ0n) is 11.7. The monoisotopic (exact) mass is 290 g/mol. The molecule has 0 bridgehead atoms. The van der Waals surface area contributed by atoms with Crippen LogP contribution in [0.4, 0.5) is 15.0 Å². The molecule has 21 heavy (non-hydrogen) atoms. The summed E-state index contributed by atoms with van der Waals surface area (Å²) in [6, 6.07) is 2.91. The van der Waals surface area contributed by atoms with Crippen LogP contribution in [0.25, 0.3) is 10.9 Å². The molecule has 3 amide bonds. The van der Waals surface area contributed by atoms with E-state index in [-0.39, 0.29) is 36.1 Å². The Morgan fingerprint density at radius 3 is 2.76 bits per heavy atom. The molecule has 1 aromatic heterocycles. The molecule has 0 aliphatic carbocycles. The second kappa shape index (κ2) is 4.83. The zero-order chi connectivity index (χ0) is 15.1. The van der Waals surface area contributed by atoms with Crippen LogP contribution in [0.1, 0.15) is 31.7 Å². The predicted octanol–water partition coefficient (Wildman–Crippen LogP) is 2.27. The standard InChI is InChI=1S/C14H15FN4O2/c1-7(2)8-3-4-9-12(11(8)15)17-18-13(9)19-6-5-10(20)16-14(19)21/h3-4,7H,5-6H2,1-2H3,(H,17,18)(H,16,20,21). The maximum absolute atomic E-state index is 14.4. The van der Waals surface area contributed by atoms with Gasteiger partial charge in [-0.25, -0.2) is 9.18 Å². The Morgan fingerprint density at radius 2 is 2.10 bits per heavy atom. The number of benzene rings is 1. The van der Waals surface area contributed by atoms with Crippen molar-refractivity contribution in [2.45, 2.75) is 26.2 Å². The van der Waals surface area contributed by atoms with Crippen molar-refractivity contribution in [3.05, 3.63) is 23.5 Å². The maximum Gasteiger partial charge on any atom is 0.329 e. The average Bonchev–Trinajstić information content (AvgIpc) is 2.83. The van der Waals surface area contributed by atoms with E-state index >= 15 is 0 Å². The molecular formula is C14H15FN4O2. The normalized spacial score (nSPS) is 15.9. The minimum Gasteiger partial charge on any atom is -0.278 e. The Labute approximate surface area is 120 Å². The van der Waals surface area contributed by atoms with Gasteiger partial charge in [-0.2, -0.15) is 5.10 Å². The highest BCUT2D eigenvalue weighted by molar-refractivity contribution is 6.08. The van der Waals surface area contributed by atoms with Gasteiger partial charge in [0.2, 0.25) is 5.91 Å². The lowest BCUT2D eigenvalue weighted by atomic mass is 10.0. The van der Waals surface area contributed by atoms with Crippen LogP contribution in [0, 0.1) is 5.82 Å². The number of aromatic amines is 1. The van der Waals surface area contributed by atoms with Gasteiger partial charge >= 0.3 is 6.03 Å². The highest BCUT2D eigenvalue weighted by Crippen LogP contribution is 2.30. The lowest BCUT2D eigenvalue weighted by Crippen LogP contribution is -2.49. The van der Waals surface area contributed by atoms with Crippen molar-refractivity contribution in [3.63, 3.8) is 0 Å². The minimum atomic E-state index is -0.534. The lowest BCUT2D eigenvalue weighted by Gasteiger charge is -2.24. The number of amides is 3. The second-order valence-corrected chi connectivity index (χ2v) is 5.35. The predicted molar refractivity (Wildman–Crippen MR) is 75.6 cm³/mol. The van der Waals surface area contributed by atoms with Gasteiger partial charge in [0.05, 0.1) is 0 Å². The number of rotatable bonds is 2. The van der Waals surface area contributed by atoms with E-state index in [1.165, 1.54) is 4.90 Å². The van der Waals surface area contributed by atoms with E-state index in [2.05, 4.69) is 15.5 Å². The molecule has 1 aliphatic heterocycles. The van der Waals surface area contributed by atoms with Crippen LogP contribution in [0.5, 0.6) is 0 Å². The summed E-state index contributed by atoms with van der Waals surface area (Å²) in [5.74, 6) is -0.277. The Hall–Kier alpha value is -2.44. The zero-order valence-corrected chi connectivity index (χ0v) is 11.7. The Balaban J connectivity index is 2.07. The largest absolute Gasteiger partial charge is 0.329 e. The molecule has 0 spiro atoms. The highest BCUT2D eigenvalue weighted by atomic mass is 19.1. The Bertz CT molecular complexity index is 738. The molecular weight excluding hydrogens is 275 g/mol. The second-order valence-electron chi connectivity index (χ2n) is 5.35. The first-order valence-electron chi connectivity index (χ1n) is 6.77. The van der Waals surface area contributed by atoms with Crippen LogP contribution in [0.2, 0.25) is 0 Å². The molecule has 1 fully saturated rings. The van der Waals surface area contributed by atoms with E-state index in [0.717, 1.165) is 0 Å². The molecule has 0 radical (unpaired) electrons. The molecule has 2 aromatic rings. The lowest BCUT2D eigenvalue weighted by molar-refractivity contribution is -0.120. The first kappa shape index (κ1) is 13.5. The number of nitrogens with one attached hydrogen (secondary N) is 2. The van der Waals surface area contributed by atoms with Gasteiger partial charge in [-0.3, -0.25) is 20.1 Å². The first-order chi connectivity index (χ1) is 9.99. The summed E-state index contributed by atoms with van der Waals surface area (Å²) in [5.41, 5.74) is 0.872. The number of carbonyl (C=O) groups excluding carboxylic acids is 2. The summed E-state index contributed by atoms with van der Waals surface area (Å²) >= 11 is 0. The molecule has 3 rings (SSSR count). The molecule has 2 heterocycles. The fourth-order valence-corrected chi connectivity index (χ4v) is 2.47. The number of hydrogen-bond donors (Lipinski definition) is 2. The van der Waals surface area contributed by atoms with Crippen LogP contribution >= 0.6 is 0 Å². The van der Waals surface area contributed by atoms with Crippen LogP contribution in [0.3, 0.4) is 0 Å². The fraction of sp³-hybridized carbons (Fsp3) is 0.357. The van der Waals surface area contributed by atoms with Crippen molar-refractivity contribution in [1.82, 2.24) is 15.5 Å². The third kappa shape index (κ3) is 2.14. The van der Waals surface area contributed by atoms with Crippen molar-refractivity contribution < 1.29 is 14.0 Å². The van der Waals surface area contributed by atoms with Crippen LogP contribution in [0.15, 0.2) is 12.1 Å². The van der Waals surface area contributed by atoms with Gasteiger partial charge in [0.15, 0.2) is 11.6 Å². The molecule has 6 nitrogen and oxygen atoms in total. The molecule has 2 N–H and O–H groups in total. The van der Waals surface area contributed by atoms with Gasteiger partial charge in [-0.1, -0.05) is 19.9 Å². The van der Waals surface area contributed by atoms with Gasteiger partial charge in [0.25, 0.3) is 0 Å². The molecule has 0 saturated carbocycles. The number of H-pyrrole nitrogens is 1. The van der Waals surface area contributed by atoms with Crippen LogP contribution in [-0.2, 0) is 4.79 Å². The fourth-order valence-electron chi connectivity index (χ4n) is 2.47. The van der Waals surface area contributed by atoms with Crippen LogP contribution in [-0.4, -0.2) is 28.7 Å². The number of nitrogens with zero attached hydrogens (tertiary/aromatic N) is 2. The van der Waals surface area contributed by atoms with Crippen molar-refractivity contribution in [2.75, 3.05) is 11.4 Å². The quantitative estimate of drug-likeness (QED) is 0.890. The number of anilines is 1. The van der Waals surface area contributed by atoms with E-state index < -0.39 is 6.03 Å². The molecule has 0 atom stereocenters. The van der Waals surface area contributed by atoms with Gasteiger partial charge < -0.3 is 0 Å². The maximum atomic E-state index is 14.4. The van der Waals surface area contributed by atoms with Gasteiger partial charge in [-0.05, 0) is 17.5 Å². The summed E-state index contributed by atoms with van der Waals surface area (Å²) in [6.07, 6.45) is 0.201. The average molecular weight is 290 g/mol. The number of aromatic nitrogens is 2. The Kier molecular flexibility index (Phi) is 3.12. The van der Waals surface area contributed by atoms with E-state index in [1.807, 2.05) is 13.8 Å². The third-order valence-electron chi connectivity index (χ3n) is 3.62.